The number of nitrogens with zero attached hydrogens (tertiary/aromatic N) is 2. The second kappa shape index (κ2) is 6.01. The molecule has 25 heavy (non-hydrogen) atoms. The molecule has 0 atom stereocenters. The van der Waals surface area contributed by atoms with Gasteiger partial charge in [0.05, 0.1) is 17.1 Å². The number of amides is 1. The molecule has 126 valence electrons. The van der Waals surface area contributed by atoms with Crippen LogP contribution in [0.5, 0.6) is 5.75 Å². The van der Waals surface area contributed by atoms with Crippen molar-refractivity contribution in [3.05, 3.63) is 60.3 Å². The number of fused-ring (bicyclic) bond motifs is 1. The van der Waals surface area contributed by atoms with Crippen molar-refractivity contribution in [3.8, 4) is 22.7 Å². The minimum absolute atomic E-state index is 0.0379. The van der Waals surface area contributed by atoms with Crippen molar-refractivity contribution in [1.82, 2.24) is 9.78 Å². The van der Waals surface area contributed by atoms with E-state index in [0.29, 0.717) is 28.4 Å². The van der Waals surface area contributed by atoms with Crippen molar-refractivity contribution in [2.24, 2.45) is 0 Å². The maximum atomic E-state index is 13.2. The van der Waals surface area contributed by atoms with Gasteiger partial charge in [0.25, 0.3) is 12.3 Å². The quantitative estimate of drug-likeness (QED) is 0.788. The number of benzene rings is 2. The Bertz CT molecular complexity index is 939. The van der Waals surface area contributed by atoms with Crippen LogP contribution in [0.3, 0.4) is 0 Å². The lowest BCUT2D eigenvalue weighted by atomic mass is 10.1. The van der Waals surface area contributed by atoms with E-state index in [0.717, 1.165) is 0 Å². The topological polar surface area (TPSA) is 56.1 Å². The Morgan fingerprint density at radius 2 is 1.92 bits per heavy atom. The lowest BCUT2D eigenvalue weighted by molar-refractivity contribution is -0.118. The third-order valence-electron chi connectivity index (χ3n) is 3.86. The minimum atomic E-state index is -2.68. The first-order valence-corrected chi connectivity index (χ1v) is 7.62. The number of ether oxygens (including phenoxy) is 1. The molecular formula is C18H13F2N3O2. The fourth-order valence-corrected chi connectivity index (χ4v) is 2.72. The fourth-order valence-electron chi connectivity index (χ4n) is 2.72. The number of anilines is 1. The third kappa shape index (κ3) is 2.84. The lowest BCUT2D eigenvalue weighted by Crippen LogP contribution is -2.25. The Hall–Kier alpha value is -3.22. The molecule has 1 N–H and O–H groups in total. The number of aromatic nitrogens is 2. The molecule has 0 saturated carbocycles. The van der Waals surface area contributed by atoms with Crippen LogP contribution in [0.15, 0.2) is 54.6 Å². The first-order valence-electron chi connectivity index (χ1n) is 7.62. The molecule has 0 aliphatic carbocycles. The summed E-state index contributed by atoms with van der Waals surface area (Å²) in [6, 6.07) is 15.5. The predicted molar refractivity (Wildman–Crippen MR) is 88.1 cm³/mol. The molecule has 5 nitrogen and oxygen atoms in total. The van der Waals surface area contributed by atoms with Gasteiger partial charge in [0.15, 0.2) is 6.61 Å². The molecule has 0 fully saturated rings. The molecule has 1 aliphatic rings. The van der Waals surface area contributed by atoms with Crippen molar-refractivity contribution >= 4 is 11.6 Å². The lowest BCUT2D eigenvalue weighted by Gasteiger charge is -2.18. The summed E-state index contributed by atoms with van der Waals surface area (Å²) in [5, 5.41) is 6.75. The van der Waals surface area contributed by atoms with Crippen molar-refractivity contribution in [2.45, 2.75) is 6.43 Å². The molecule has 4 rings (SSSR count). The molecule has 0 bridgehead atoms. The van der Waals surface area contributed by atoms with E-state index in [2.05, 4.69) is 10.4 Å². The second-order valence-corrected chi connectivity index (χ2v) is 5.55. The summed E-state index contributed by atoms with van der Waals surface area (Å²) >= 11 is 0. The number of nitrogens with one attached hydrogen (secondary N) is 1. The number of para-hydroxylation sites is 1. The van der Waals surface area contributed by atoms with E-state index in [1.807, 2.05) is 18.2 Å². The highest BCUT2D eigenvalue weighted by molar-refractivity contribution is 5.96. The van der Waals surface area contributed by atoms with E-state index in [1.165, 1.54) is 10.7 Å². The number of rotatable bonds is 3. The molecule has 1 aromatic heterocycles. The maximum Gasteiger partial charge on any atom is 0.282 e. The first kappa shape index (κ1) is 15.3. The average molecular weight is 341 g/mol. The average Bonchev–Trinajstić information content (AvgIpc) is 3.07. The SMILES string of the molecule is O=C1COc2ccc(-c3cc(C(F)F)nn3-c3ccccc3)cc2N1. The number of alkyl halides is 2. The number of hydrogen-bond acceptors (Lipinski definition) is 3. The van der Waals surface area contributed by atoms with Gasteiger partial charge in [0.2, 0.25) is 0 Å². The van der Waals surface area contributed by atoms with Gasteiger partial charge < -0.3 is 10.1 Å². The van der Waals surface area contributed by atoms with Gasteiger partial charge >= 0.3 is 0 Å². The molecule has 0 saturated heterocycles. The van der Waals surface area contributed by atoms with Gasteiger partial charge in [-0.3, -0.25) is 4.79 Å². The molecule has 0 radical (unpaired) electrons. The standard InChI is InChI=1S/C18H13F2N3O2/c19-18(20)14-9-15(23(22-14)12-4-2-1-3-5-12)11-6-7-16-13(8-11)21-17(24)10-25-16/h1-9,18H,10H2,(H,21,24). The van der Waals surface area contributed by atoms with Crippen LogP contribution >= 0.6 is 0 Å². The van der Waals surface area contributed by atoms with E-state index < -0.39 is 6.43 Å². The van der Waals surface area contributed by atoms with Gasteiger partial charge in [-0.15, -0.1) is 0 Å². The fraction of sp³-hybridized carbons (Fsp3) is 0.111. The number of carbonyl (C=O) groups excluding carboxylic acids is 1. The van der Waals surface area contributed by atoms with Crippen LogP contribution in [-0.2, 0) is 4.79 Å². The maximum absolute atomic E-state index is 13.2. The van der Waals surface area contributed by atoms with Crippen LogP contribution in [0.1, 0.15) is 12.1 Å². The van der Waals surface area contributed by atoms with Gasteiger partial charge in [-0.05, 0) is 36.4 Å². The van der Waals surface area contributed by atoms with Crippen LogP contribution in [0, 0.1) is 0 Å². The van der Waals surface area contributed by atoms with Crippen LogP contribution < -0.4 is 10.1 Å². The normalized spacial score (nSPS) is 13.3. The van der Waals surface area contributed by atoms with Crippen LogP contribution in [-0.4, -0.2) is 22.3 Å². The summed E-state index contributed by atoms with van der Waals surface area (Å²) in [5.74, 6) is 0.290. The number of hydrogen-bond donors (Lipinski definition) is 1. The monoisotopic (exact) mass is 341 g/mol. The second-order valence-electron chi connectivity index (χ2n) is 5.55. The van der Waals surface area contributed by atoms with Crippen LogP contribution in [0.4, 0.5) is 14.5 Å². The summed E-state index contributed by atoms with van der Waals surface area (Å²) in [6.07, 6.45) is -2.68. The highest BCUT2D eigenvalue weighted by atomic mass is 19.3. The van der Waals surface area contributed by atoms with E-state index in [-0.39, 0.29) is 18.2 Å². The first-order chi connectivity index (χ1) is 12.1. The Morgan fingerprint density at radius 3 is 2.68 bits per heavy atom. The highest BCUT2D eigenvalue weighted by Crippen LogP contribution is 2.34. The molecule has 3 aromatic rings. The smallest absolute Gasteiger partial charge is 0.282 e. The third-order valence-corrected chi connectivity index (χ3v) is 3.86. The van der Waals surface area contributed by atoms with Gasteiger partial charge in [0.1, 0.15) is 11.4 Å². The number of carbonyl (C=O) groups is 1. The molecule has 0 unspecified atom stereocenters. The van der Waals surface area contributed by atoms with Crippen LogP contribution in [0.2, 0.25) is 0 Å². The molecule has 1 amide bonds. The summed E-state index contributed by atoms with van der Waals surface area (Å²) in [6.45, 7) is -0.0379. The highest BCUT2D eigenvalue weighted by Gasteiger charge is 2.20. The summed E-state index contributed by atoms with van der Waals surface area (Å²) in [5.41, 5.74) is 2.02. The van der Waals surface area contributed by atoms with Crippen LogP contribution in [0.25, 0.3) is 16.9 Å². The molecule has 0 spiro atoms. The van der Waals surface area contributed by atoms with Gasteiger partial charge in [0, 0.05) is 5.56 Å². The molecule has 7 heteroatoms. The summed E-state index contributed by atoms with van der Waals surface area (Å²) in [7, 11) is 0. The van der Waals surface area contributed by atoms with E-state index in [4.69, 9.17) is 4.74 Å². The Labute approximate surface area is 141 Å². The minimum Gasteiger partial charge on any atom is -0.482 e. The summed E-state index contributed by atoms with van der Waals surface area (Å²) < 4.78 is 33.1. The van der Waals surface area contributed by atoms with Crippen molar-refractivity contribution < 1.29 is 18.3 Å². The van der Waals surface area contributed by atoms with Crippen molar-refractivity contribution in [1.29, 1.82) is 0 Å². The zero-order valence-corrected chi connectivity index (χ0v) is 12.9. The van der Waals surface area contributed by atoms with Gasteiger partial charge in [-0.25, -0.2) is 13.5 Å². The molecule has 2 aromatic carbocycles. The van der Waals surface area contributed by atoms with Crippen molar-refractivity contribution in [3.63, 3.8) is 0 Å². The van der Waals surface area contributed by atoms with Crippen molar-refractivity contribution in [2.75, 3.05) is 11.9 Å². The zero-order valence-electron chi connectivity index (χ0n) is 12.9. The Morgan fingerprint density at radius 1 is 1.12 bits per heavy atom. The van der Waals surface area contributed by atoms with E-state index in [9.17, 15) is 13.6 Å². The number of halogens is 2. The zero-order chi connectivity index (χ0) is 17.4. The van der Waals surface area contributed by atoms with Gasteiger partial charge in [-0.2, -0.15) is 5.10 Å². The molecular weight excluding hydrogens is 328 g/mol. The Balaban J connectivity index is 1.85. The Kier molecular flexibility index (Phi) is 3.68. The predicted octanol–water partition coefficient (Wildman–Crippen LogP) is 3.81. The molecule has 2 heterocycles. The van der Waals surface area contributed by atoms with E-state index in [1.54, 1.807) is 30.3 Å². The largest absolute Gasteiger partial charge is 0.482 e. The summed E-state index contributed by atoms with van der Waals surface area (Å²) in [4.78, 5) is 11.5. The van der Waals surface area contributed by atoms with Gasteiger partial charge in [-0.1, -0.05) is 18.2 Å². The molecule has 1 aliphatic heterocycles. The van der Waals surface area contributed by atoms with E-state index >= 15 is 0 Å².